The van der Waals surface area contributed by atoms with Crippen molar-refractivity contribution in [2.24, 2.45) is 13.0 Å². The molecule has 0 bridgehead atoms. The van der Waals surface area contributed by atoms with Crippen LogP contribution in [0.3, 0.4) is 0 Å². The highest BCUT2D eigenvalue weighted by Crippen LogP contribution is 2.41. The van der Waals surface area contributed by atoms with E-state index in [1.165, 1.54) is 23.6 Å². The van der Waals surface area contributed by atoms with Crippen LogP contribution in [0, 0.1) is 17.6 Å². The number of aromatic hydroxyl groups is 1. The minimum Gasteiger partial charge on any atom is -0.503 e. The van der Waals surface area contributed by atoms with Gasteiger partial charge in [0, 0.05) is 51.2 Å². The summed E-state index contributed by atoms with van der Waals surface area (Å²) in [6, 6.07) is 10.4. The highest BCUT2D eigenvalue weighted by Gasteiger charge is 2.38. The van der Waals surface area contributed by atoms with Crippen LogP contribution in [0.1, 0.15) is 12.0 Å². The number of para-hydroxylation sites is 1. The van der Waals surface area contributed by atoms with Crippen molar-refractivity contribution >= 4 is 22.7 Å². The van der Waals surface area contributed by atoms with Crippen molar-refractivity contribution in [1.29, 1.82) is 0 Å². The number of rotatable bonds is 5. The van der Waals surface area contributed by atoms with E-state index in [4.69, 9.17) is 0 Å². The van der Waals surface area contributed by atoms with Gasteiger partial charge in [-0.25, -0.2) is 18.4 Å². The molecule has 2 aromatic carbocycles. The first-order chi connectivity index (χ1) is 17.5. The molecule has 3 heterocycles. The van der Waals surface area contributed by atoms with Gasteiger partial charge >= 0.3 is 6.18 Å². The Hall–Kier alpha value is -3.96. The summed E-state index contributed by atoms with van der Waals surface area (Å²) in [5, 5.41) is 14.0. The van der Waals surface area contributed by atoms with Gasteiger partial charge in [0.25, 0.3) is 0 Å². The highest BCUT2D eigenvalue weighted by molar-refractivity contribution is 5.91. The van der Waals surface area contributed by atoms with Crippen LogP contribution < -0.4 is 9.80 Å². The molecular formula is C25H23F5N6O. The Balaban J connectivity index is 1.42. The van der Waals surface area contributed by atoms with E-state index < -0.39 is 34.7 Å². The summed E-state index contributed by atoms with van der Waals surface area (Å²) < 4.78 is 69.7. The number of alkyl halides is 3. The van der Waals surface area contributed by atoms with Crippen molar-refractivity contribution in [2.75, 3.05) is 36.5 Å². The van der Waals surface area contributed by atoms with E-state index in [2.05, 4.69) is 32.1 Å². The van der Waals surface area contributed by atoms with E-state index in [0.29, 0.717) is 24.5 Å². The standard InChI is InChI=1S/C25H23F5N6O/c1-34(12-14-8-9-36(13-14)15-6-4-3-5-7-15)24-31-11-17-21(33-35(2)23(17)32-24)16-10-18(25(28,29)30)20(27)22(37)19(16)26/h3-7,10-11,14,37H,8-9,12-13H2,1-2H3. The SMILES string of the molecule is CN(CC1CCN(c2ccccc2)C1)c1ncc2c(-c3cc(C(F)(F)F)c(F)c(O)c3F)nn(C)c2n1. The van der Waals surface area contributed by atoms with E-state index in [0.717, 1.165) is 19.5 Å². The highest BCUT2D eigenvalue weighted by atomic mass is 19.4. The topological polar surface area (TPSA) is 70.3 Å². The molecule has 1 aliphatic heterocycles. The number of phenolic OH excluding ortho intramolecular Hbond substituents is 1. The predicted octanol–water partition coefficient (Wildman–Crippen LogP) is 5.00. The van der Waals surface area contributed by atoms with Crippen molar-refractivity contribution in [3.8, 4) is 17.0 Å². The molecular weight excluding hydrogens is 495 g/mol. The summed E-state index contributed by atoms with van der Waals surface area (Å²) in [5.41, 5.74) is -1.31. The Kier molecular flexibility index (Phi) is 6.12. The maximum absolute atomic E-state index is 14.7. The van der Waals surface area contributed by atoms with Gasteiger partial charge in [-0.1, -0.05) is 18.2 Å². The molecule has 0 spiro atoms. The van der Waals surface area contributed by atoms with Crippen LogP contribution in [-0.4, -0.2) is 51.5 Å². The summed E-state index contributed by atoms with van der Waals surface area (Å²) in [5.74, 6) is -4.60. The molecule has 0 amide bonds. The van der Waals surface area contributed by atoms with E-state index in [1.54, 1.807) is 0 Å². The number of nitrogens with zero attached hydrogens (tertiary/aromatic N) is 6. The molecule has 1 N–H and O–H groups in total. The maximum atomic E-state index is 14.7. The van der Waals surface area contributed by atoms with Gasteiger partial charge in [0.15, 0.2) is 23.0 Å². The van der Waals surface area contributed by atoms with Crippen molar-refractivity contribution < 1.29 is 27.1 Å². The first kappa shape index (κ1) is 24.7. The zero-order valence-corrected chi connectivity index (χ0v) is 20.0. The molecule has 1 fully saturated rings. The quantitative estimate of drug-likeness (QED) is 0.375. The fourth-order valence-corrected chi connectivity index (χ4v) is 4.74. The zero-order chi connectivity index (χ0) is 26.5. The van der Waals surface area contributed by atoms with E-state index >= 15 is 0 Å². The van der Waals surface area contributed by atoms with Crippen LogP contribution >= 0.6 is 0 Å². The average Bonchev–Trinajstić information content (AvgIpc) is 3.47. The number of hydrogen-bond acceptors (Lipinski definition) is 6. The van der Waals surface area contributed by atoms with E-state index in [-0.39, 0.29) is 16.7 Å². The number of aromatic nitrogens is 4. The Morgan fingerprint density at radius 1 is 1.14 bits per heavy atom. The Labute approximate surface area is 208 Å². The lowest BCUT2D eigenvalue weighted by atomic mass is 10.0. The van der Waals surface area contributed by atoms with Gasteiger partial charge in [0.2, 0.25) is 5.95 Å². The van der Waals surface area contributed by atoms with Gasteiger partial charge < -0.3 is 14.9 Å². The lowest BCUT2D eigenvalue weighted by molar-refractivity contribution is -0.140. The fraction of sp³-hybridized carbons (Fsp3) is 0.320. The number of fused-ring (bicyclic) bond motifs is 1. The average molecular weight is 518 g/mol. The lowest BCUT2D eigenvalue weighted by Gasteiger charge is -2.22. The van der Waals surface area contributed by atoms with Gasteiger partial charge in [-0.3, -0.25) is 0 Å². The van der Waals surface area contributed by atoms with Crippen LogP contribution in [-0.2, 0) is 13.2 Å². The first-order valence-electron chi connectivity index (χ1n) is 11.5. The number of anilines is 2. The van der Waals surface area contributed by atoms with Gasteiger partial charge in [0.05, 0.1) is 10.9 Å². The molecule has 0 saturated carbocycles. The van der Waals surface area contributed by atoms with Crippen LogP contribution in [0.5, 0.6) is 5.75 Å². The molecule has 7 nitrogen and oxygen atoms in total. The third kappa shape index (κ3) is 4.51. The minimum atomic E-state index is -5.14. The van der Waals surface area contributed by atoms with Crippen LogP contribution in [0.2, 0.25) is 0 Å². The summed E-state index contributed by atoms with van der Waals surface area (Å²) in [6.07, 6.45) is -2.81. The number of phenols is 1. The van der Waals surface area contributed by atoms with Crippen LogP contribution in [0.4, 0.5) is 33.6 Å². The van der Waals surface area contributed by atoms with Gasteiger partial charge in [-0.2, -0.15) is 23.3 Å². The summed E-state index contributed by atoms with van der Waals surface area (Å²) >= 11 is 0. The molecule has 0 radical (unpaired) electrons. The largest absolute Gasteiger partial charge is 0.503 e. The first-order valence-corrected chi connectivity index (χ1v) is 11.5. The summed E-state index contributed by atoms with van der Waals surface area (Å²) in [4.78, 5) is 13.0. The second-order valence-corrected chi connectivity index (χ2v) is 9.14. The summed E-state index contributed by atoms with van der Waals surface area (Å²) in [7, 11) is 3.35. The van der Waals surface area contributed by atoms with Gasteiger partial charge in [0.1, 0.15) is 5.69 Å². The zero-order valence-electron chi connectivity index (χ0n) is 20.0. The number of hydrogen-bond donors (Lipinski definition) is 1. The second kappa shape index (κ2) is 9.16. The molecule has 5 rings (SSSR count). The molecule has 2 aromatic heterocycles. The second-order valence-electron chi connectivity index (χ2n) is 9.14. The molecule has 1 atom stereocenters. The molecule has 0 aliphatic carbocycles. The predicted molar refractivity (Wildman–Crippen MR) is 128 cm³/mol. The third-order valence-corrected chi connectivity index (χ3v) is 6.59. The molecule has 12 heteroatoms. The Morgan fingerprint density at radius 3 is 2.57 bits per heavy atom. The summed E-state index contributed by atoms with van der Waals surface area (Å²) in [6.45, 7) is 2.49. The smallest absolute Gasteiger partial charge is 0.419 e. The van der Waals surface area contributed by atoms with Crippen molar-refractivity contribution in [1.82, 2.24) is 19.7 Å². The van der Waals surface area contributed by atoms with Crippen molar-refractivity contribution in [3.63, 3.8) is 0 Å². The number of benzene rings is 2. The molecule has 194 valence electrons. The van der Waals surface area contributed by atoms with Crippen LogP contribution in [0.15, 0.2) is 42.6 Å². The Morgan fingerprint density at radius 2 is 1.86 bits per heavy atom. The molecule has 1 aliphatic rings. The lowest BCUT2D eigenvalue weighted by Crippen LogP contribution is -2.29. The molecule has 1 unspecified atom stereocenters. The fourth-order valence-electron chi connectivity index (χ4n) is 4.74. The molecule has 37 heavy (non-hydrogen) atoms. The maximum Gasteiger partial charge on any atom is 0.419 e. The van der Waals surface area contributed by atoms with E-state index in [9.17, 15) is 27.1 Å². The normalized spacial score (nSPS) is 16.1. The third-order valence-electron chi connectivity index (χ3n) is 6.59. The van der Waals surface area contributed by atoms with Gasteiger partial charge in [-0.05, 0) is 30.5 Å². The van der Waals surface area contributed by atoms with Crippen molar-refractivity contribution in [2.45, 2.75) is 12.6 Å². The molecule has 1 saturated heterocycles. The number of aryl methyl sites for hydroxylation is 1. The van der Waals surface area contributed by atoms with Crippen molar-refractivity contribution in [3.05, 3.63) is 59.8 Å². The monoisotopic (exact) mass is 518 g/mol. The molecule has 4 aromatic rings. The van der Waals surface area contributed by atoms with E-state index in [1.807, 2.05) is 30.1 Å². The minimum absolute atomic E-state index is 0.161. The van der Waals surface area contributed by atoms with Crippen LogP contribution in [0.25, 0.3) is 22.3 Å². The van der Waals surface area contributed by atoms with Gasteiger partial charge in [-0.15, -0.1) is 0 Å². The number of halogens is 5. The Bertz CT molecular complexity index is 1460.